The van der Waals surface area contributed by atoms with Crippen molar-refractivity contribution in [3.05, 3.63) is 35.4 Å². The first-order valence-electron chi connectivity index (χ1n) is 10.7. The number of rotatable bonds is 13. The summed E-state index contributed by atoms with van der Waals surface area (Å²) < 4.78 is 5.56. The second-order valence-corrected chi connectivity index (χ2v) is 7.88. The van der Waals surface area contributed by atoms with E-state index in [2.05, 4.69) is 17.1 Å². The van der Waals surface area contributed by atoms with E-state index in [4.69, 9.17) is 4.74 Å². The van der Waals surface area contributed by atoms with E-state index < -0.39 is 6.09 Å². The summed E-state index contributed by atoms with van der Waals surface area (Å²) in [6.45, 7) is 3.91. The van der Waals surface area contributed by atoms with E-state index in [9.17, 15) is 9.59 Å². The summed E-state index contributed by atoms with van der Waals surface area (Å²) in [5.41, 5.74) is 1.95. The Bertz CT molecular complexity index is 602. The molecular weight excluding hydrogens is 366 g/mol. The first-order chi connectivity index (χ1) is 13.9. The topological polar surface area (TPSA) is 61.9 Å². The molecule has 1 unspecified atom stereocenters. The van der Waals surface area contributed by atoms with Gasteiger partial charge in [-0.1, -0.05) is 50.5 Å². The quantitative estimate of drug-likeness (QED) is 0.504. The summed E-state index contributed by atoms with van der Waals surface area (Å²) in [6, 6.07) is 7.88. The molecule has 0 aliphatic rings. The van der Waals surface area contributed by atoms with Gasteiger partial charge in [-0.15, -0.1) is 0 Å². The molecule has 0 heterocycles. The fourth-order valence-electron chi connectivity index (χ4n) is 3.15. The highest BCUT2D eigenvalue weighted by atomic mass is 16.6. The van der Waals surface area contributed by atoms with Crippen molar-refractivity contribution in [2.75, 3.05) is 41.3 Å². The average molecular weight is 406 g/mol. The zero-order valence-corrected chi connectivity index (χ0v) is 18.9. The molecule has 1 atom stereocenters. The summed E-state index contributed by atoms with van der Waals surface area (Å²) >= 11 is 0. The van der Waals surface area contributed by atoms with Crippen molar-refractivity contribution < 1.29 is 14.3 Å². The minimum absolute atomic E-state index is 0.120. The van der Waals surface area contributed by atoms with Crippen LogP contribution in [0.15, 0.2) is 24.3 Å². The summed E-state index contributed by atoms with van der Waals surface area (Å²) in [6.07, 6.45) is 6.00. The zero-order chi connectivity index (χ0) is 21.6. The third-order valence-corrected chi connectivity index (χ3v) is 5.00. The molecule has 6 nitrogen and oxygen atoms in total. The van der Waals surface area contributed by atoms with Gasteiger partial charge in [-0.2, -0.15) is 0 Å². The molecule has 1 aromatic carbocycles. The van der Waals surface area contributed by atoms with Crippen LogP contribution in [0.1, 0.15) is 62.7 Å². The molecule has 0 spiro atoms. The van der Waals surface area contributed by atoms with E-state index in [0.29, 0.717) is 6.42 Å². The van der Waals surface area contributed by atoms with Gasteiger partial charge in [-0.3, -0.25) is 4.79 Å². The van der Waals surface area contributed by atoms with Crippen molar-refractivity contribution in [2.24, 2.45) is 0 Å². The number of hydrogen-bond acceptors (Lipinski definition) is 4. The largest absolute Gasteiger partial charge is 0.441 e. The molecule has 0 aliphatic heterocycles. The van der Waals surface area contributed by atoms with Gasteiger partial charge in [0.05, 0.1) is 6.42 Å². The van der Waals surface area contributed by atoms with Gasteiger partial charge < -0.3 is 19.9 Å². The highest BCUT2D eigenvalue weighted by Crippen LogP contribution is 2.25. The number of carbonyl (C=O) groups excluding carboxylic acids is 2. The molecule has 0 saturated carbocycles. The van der Waals surface area contributed by atoms with Gasteiger partial charge in [0.2, 0.25) is 5.91 Å². The third-order valence-electron chi connectivity index (χ3n) is 5.00. The van der Waals surface area contributed by atoms with Crippen molar-refractivity contribution in [1.82, 2.24) is 15.1 Å². The smallest absolute Gasteiger partial charge is 0.407 e. The Labute approximate surface area is 176 Å². The van der Waals surface area contributed by atoms with Crippen molar-refractivity contribution >= 4 is 12.0 Å². The first kappa shape index (κ1) is 25.0. The van der Waals surface area contributed by atoms with Crippen LogP contribution in [0.3, 0.4) is 0 Å². The van der Waals surface area contributed by atoms with Crippen LogP contribution < -0.4 is 5.32 Å². The molecule has 2 amide bonds. The number of benzene rings is 1. The molecule has 0 bridgehead atoms. The third kappa shape index (κ3) is 10.3. The van der Waals surface area contributed by atoms with E-state index in [1.807, 2.05) is 45.4 Å². The van der Waals surface area contributed by atoms with Crippen LogP contribution >= 0.6 is 0 Å². The normalized spacial score (nSPS) is 11.9. The Balaban J connectivity index is 2.64. The van der Waals surface area contributed by atoms with Crippen LogP contribution in [0.25, 0.3) is 0 Å². The molecule has 1 rings (SSSR count). The lowest BCUT2D eigenvalue weighted by atomic mass is 10.00. The van der Waals surface area contributed by atoms with Gasteiger partial charge in [0, 0.05) is 20.6 Å². The Kier molecular flexibility index (Phi) is 12.0. The standard InChI is InChI=1S/C23H39N3O3/c1-6-7-8-9-11-21(29-23(28)24-2)20-14-12-19(13-15-20)18-22(27)26(5)17-10-16-25(3)4/h12-15,21H,6-11,16-18H2,1-5H3,(H,24,28). The second kappa shape index (κ2) is 14.0. The average Bonchev–Trinajstić information content (AvgIpc) is 2.70. The fourth-order valence-corrected chi connectivity index (χ4v) is 3.15. The molecule has 0 saturated heterocycles. The van der Waals surface area contributed by atoms with E-state index in [0.717, 1.165) is 49.9 Å². The van der Waals surface area contributed by atoms with Crippen LogP contribution in [-0.2, 0) is 16.0 Å². The van der Waals surface area contributed by atoms with E-state index in [1.54, 1.807) is 11.9 Å². The summed E-state index contributed by atoms with van der Waals surface area (Å²) in [5.74, 6) is 0.120. The number of hydrogen-bond donors (Lipinski definition) is 1. The van der Waals surface area contributed by atoms with Crippen molar-refractivity contribution in [1.29, 1.82) is 0 Å². The zero-order valence-electron chi connectivity index (χ0n) is 18.9. The molecule has 1 N–H and O–H groups in total. The van der Waals surface area contributed by atoms with Gasteiger partial charge in [-0.05, 0) is 51.0 Å². The van der Waals surface area contributed by atoms with Crippen molar-refractivity contribution in [2.45, 2.75) is 58.0 Å². The molecule has 29 heavy (non-hydrogen) atoms. The fraction of sp³-hybridized carbons (Fsp3) is 0.652. The van der Waals surface area contributed by atoms with Gasteiger partial charge >= 0.3 is 6.09 Å². The van der Waals surface area contributed by atoms with E-state index in [1.165, 1.54) is 12.8 Å². The maximum absolute atomic E-state index is 12.4. The molecule has 0 radical (unpaired) electrons. The number of unbranched alkanes of at least 4 members (excludes halogenated alkanes) is 3. The Morgan fingerprint density at radius 1 is 1.00 bits per heavy atom. The number of alkyl carbamates (subject to hydrolysis) is 1. The number of carbonyl (C=O) groups is 2. The molecule has 1 aromatic rings. The van der Waals surface area contributed by atoms with Gasteiger partial charge in [-0.25, -0.2) is 4.79 Å². The highest BCUT2D eigenvalue weighted by Gasteiger charge is 2.16. The maximum atomic E-state index is 12.4. The monoisotopic (exact) mass is 405 g/mol. The summed E-state index contributed by atoms with van der Waals surface area (Å²) in [5, 5.41) is 2.53. The molecule has 0 aliphatic carbocycles. The first-order valence-corrected chi connectivity index (χ1v) is 10.7. The van der Waals surface area contributed by atoms with Crippen LogP contribution in [0, 0.1) is 0 Å². The lowest BCUT2D eigenvalue weighted by molar-refractivity contribution is -0.129. The Morgan fingerprint density at radius 3 is 2.28 bits per heavy atom. The predicted molar refractivity (Wildman–Crippen MR) is 118 cm³/mol. The predicted octanol–water partition coefficient (Wildman–Crippen LogP) is 4.01. The highest BCUT2D eigenvalue weighted by molar-refractivity contribution is 5.78. The number of likely N-dealkylation sites (N-methyl/N-ethyl adjacent to an activating group) is 1. The minimum Gasteiger partial charge on any atom is -0.441 e. The van der Waals surface area contributed by atoms with Crippen molar-refractivity contribution in [3.63, 3.8) is 0 Å². The number of ether oxygens (including phenoxy) is 1. The van der Waals surface area contributed by atoms with E-state index in [-0.39, 0.29) is 12.0 Å². The maximum Gasteiger partial charge on any atom is 0.407 e. The van der Waals surface area contributed by atoms with Crippen LogP contribution in [-0.4, -0.2) is 63.1 Å². The lowest BCUT2D eigenvalue weighted by Gasteiger charge is -2.20. The second-order valence-electron chi connectivity index (χ2n) is 7.88. The van der Waals surface area contributed by atoms with Gasteiger partial charge in [0.25, 0.3) is 0 Å². The van der Waals surface area contributed by atoms with Crippen LogP contribution in [0.4, 0.5) is 4.79 Å². The molecule has 0 fully saturated rings. The Morgan fingerprint density at radius 2 is 1.69 bits per heavy atom. The molecular formula is C23H39N3O3. The number of amides is 2. The summed E-state index contributed by atoms with van der Waals surface area (Å²) in [4.78, 5) is 28.1. The Hall–Kier alpha value is -2.08. The lowest BCUT2D eigenvalue weighted by Crippen LogP contribution is -2.30. The minimum atomic E-state index is -0.413. The summed E-state index contributed by atoms with van der Waals surface area (Å²) in [7, 11) is 7.50. The van der Waals surface area contributed by atoms with Crippen LogP contribution in [0.2, 0.25) is 0 Å². The molecule has 0 aromatic heterocycles. The van der Waals surface area contributed by atoms with E-state index >= 15 is 0 Å². The van der Waals surface area contributed by atoms with Crippen LogP contribution in [0.5, 0.6) is 0 Å². The number of nitrogens with one attached hydrogen (secondary N) is 1. The molecule has 6 heteroatoms. The van der Waals surface area contributed by atoms with Gasteiger partial charge in [0.1, 0.15) is 6.10 Å². The molecule has 164 valence electrons. The SMILES string of the molecule is CCCCCCC(OC(=O)NC)c1ccc(CC(=O)N(C)CCCN(C)C)cc1. The van der Waals surface area contributed by atoms with Crippen molar-refractivity contribution in [3.8, 4) is 0 Å². The number of nitrogens with zero attached hydrogens (tertiary/aromatic N) is 2. The van der Waals surface area contributed by atoms with Gasteiger partial charge in [0.15, 0.2) is 0 Å².